The average molecular weight is 206 g/mol. The second kappa shape index (κ2) is 5.24. The van der Waals surface area contributed by atoms with Crippen molar-refractivity contribution < 1.29 is 4.74 Å². The van der Waals surface area contributed by atoms with E-state index in [0.29, 0.717) is 12.2 Å². The number of nitrogens with one attached hydrogen (secondary N) is 1. The Bertz CT molecular complexity index is 289. The van der Waals surface area contributed by atoms with Crippen LogP contribution in [0.5, 0.6) is 0 Å². The SMILES string of the molecule is CC1CCC(CNCc2cccnc2)O1. The minimum atomic E-state index is 0.400. The molecule has 3 nitrogen and oxygen atoms in total. The lowest BCUT2D eigenvalue weighted by atomic mass is 10.2. The molecule has 15 heavy (non-hydrogen) atoms. The third-order valence-corrected chi connectivity index (χ3v) is 2.74. The molecule has 3 heteroatoms. The standard InChI is InChI=1S/C12H18N2O/c1-10-4-5-12(15-10)9-14-8-11-3-2-6-13-7-11/h2-3,6-7,10,12,14H,4-5,8-9H2,1H3. The van der Waals surface area contributed by atoms with Gasteiger partial charge < -0.3 is 10.1 Å². The van der Waals surface area contributed by atoms with Crippen molar-refractivity contribution in [2.24, 2.45) is 0 Å². The quantitative estimate of drug-likeness (QED) is 0.814. The Morgan fingerprint density at radius 2 is 2.47 bits per heavy atom. The zero-order chi connectivity index (χ0) is 10.5. The third kappa shape index (κ3) is 3.29. The van der Waals surface area contributed by atoms with Gasteiger partial charge in [0, 0.05) is 25.5 Å². The highest BCUT2D eigenvalue weighted by molar-refractivity contribution is 5.07. The summed E-state index contributed by atoms with van der Waals surface area (Å²) < 4.78 is 5.72. The smallest absolute Gasteiger partial charge is 0.0704 e. The van der Waals surface area contributed by atoms with Gasteiger partial charge in [-0.15, -0.1) is 0 Å². The van der Waals surface area contributed by atoms with Crippen molar-refractivity contribution in [3.8, 4) is 0 Å². The molecule has 1 aromatic heterocycles. The molecule has 0 spiro atoms. The fourth-order valence-electron chi connectivity index (χ4n) is 1.92. The van der Waals surface area contributed by atoms with Crippen molar-refractivity contribution >= 4 is 0 Å². The molecule has 2 unspecified atom stereocenters. The highest BCUT2D eigenvalue weighted by atomic mass is 16.5. The minimum absolute atomic E-state index is 0.400. The molecule has 1 aromatic rings. The van der Waals surface area contributed by atoms with E-state index in [0.717, 1.165) is 13.1 Å². The normalized spacial score (nSPS) is 25.7. The Kier molecular flexibility index (Phi) is 3.69. The molecule has 0 saturated carbocycles. The number of ether oxygens (including phenoxy) is 1. The van der Waals surface area contributed by atoms with Crippen LogP contribution in [0.15, 0.2) is 24.5 Å². The molecule has 0 bridgehead atoms. The van der Waals surface area contributed by atoms with Gasteiger partial charge in [0.25, 0.3) is 0 Å². The Morgan fingerprint density at radius 1 is 1.53 bits per heavy atom. The van der Waals surface area contributed by atoms with Gasteiger partial charge in [-0.25, -0.2) is 0 Å². The maximum Gasteiger partial charge on any atom is 0.0704 e. The first-order valence-electron chi connectivity index (χ1n) is 5.59. The summed E-state index contributed by atoms with van der Waals surface area (Å²) in [5.74, 6) is 0. The van der Waals surface area contributed by atoms with Crippen LogP contribution < -0.4 is 5.32 Å². The summed E-state index contributed by atoms with van der Waals surface area (Å²) in [5.41, 5.74) is 1.23. The van der Waals surface area contributed by atoms with Crippen LogP contribution in [0, 0.1) is 0 Å². The Labute approximate surface area is 90.9 Å². The number of aromatic nitrogens is 1. The zero-order valence-corrected chi connectivity index (χ0v) is 9.15. The van der Waals surface area contributed by atoms with E-state index >= 15 is 0 Å². The van der Waals surface area contributed by atoms with Crippen molar-refractivity contribution in [2.45, 2.75) is 38.5 Å². The summed E-state index contributed by atoms with van der Waals surface area (Å²) in [6, 6.07) is 4.04. The predicted octanol–water partition coefficient (Wildman–Crippen LogP) is 1.74. The molecule has 0 aliphatic carbocycles. The molecule has 1 aliphatic rings. The van der Waals surface area contributed by atoms with Crippen LogP contribution in [0.2, 0.25) is 0 Å². The van der Waals surface area contributed by atoms with Crippen LogP contribution >= 0.6 is 0 Å². The molecule has 1 N–H and O–H groups in total. The van der Waals surface area contributed by atoms with E-state index in [-0.39, 0.29) is 0 Å². The van der Waals surface area contributed by atoms with E-state index in [2.05, 4.69) is 23.3 Å². The van der Waals surface area contributed by atoms with E-state index in [4.69, 9.17) is 4.74 Å². The second-order valence-corrected chi connectivity index (χ2v) is 4.14. The molecule has 82 valence electrons. The van der Waals surface area contributed by atoms with Crippen LogP contribution in [-0.2, 0) is 11.3 Å². The molecule has 0 aromatic carbocycles. The molecular weight excluding hydrogens is 188 g/mol. The number of rotatable bonds is 4. The van der Waals surface area contributed by atoms with Gasteiger partial charge >= 0.3 is 0 Å². The van der Waals surface area contributed by atoms with Crippen LogP contribution in [0.3, 0.4) is 0 Å². The summed E-state index contributed by atoms with van der Waals surface area (Å²) in [7, 11) is 0. The first-order chi connectivity index (χ1) is 7.34. The van der Waals surface area contributed by atoms with Crippen LogP contribution in [-0.4, -0.2) is 23.7 Å². The number of nitrogens with zero attached hydrogens (tertiary/aromatic N) is 1. The van der Waals surface area contributed by atoms with Gasteiger partial charge in [-0.1, -0.05) is 6.07 Å². The van der Waals surface area contributed by atoms with Gasteiger partial charge in [0.05, 0.1) is 12.2 Å². The monoisotopic (exact) mass is 206 g/mol. The summed E-state index contributed by atoms with van der Waals surface area (Å²) in [6.07, 6.45) is 6.91. The first kappa shape index (κ1) is 10.6. The van der Waals surface area contributed by atoms with Gasteiger partial charge in [0.2, 0.25) is 0 Å². The minimum Gasteiger partial charge on any atom is -0.374 e. The third-order valence-electron chi connectivity index (χ3n) is 2.74. The van der Waals surface area contributed by atoms with Crippen molar-refractivity contribution in [2.75, 3.05) is 6.54 Å². The fourth-order valence-corrected chi connectivity index (χ4v) is 1.92. The molecule has 2 heterocycles. The second-order valence-electron chi connectivity index (χ2n) is 4.14. The fraction of sp³-hybridized carbons (Fsp3) is 0.583. The van der Waals surface area contributed by atoms with Crippen molar-refractivity contribution in [3.63, 3.8) is 0 Å². The summed E-state index contributed by atoms with van der Waals surface area (Å²) >= 11 is 0. The molecule has 2 atom stereocenters. The van der Waals surface area contributed by atoms with Gasteiger partial charge in [-0.05, 0) is 31.4 Å². The molecule has 1 aliphatic heterocycles. The lowest BCUT2D eigenvalue weighted by molar-refractivity contribution is 0.0559. The largest absolute Gasteiger partial charge is 0.374 e. The number of pyridine rings is 1. The molecule has 0 radical (unpaired) electrons. The first-order valence-corrected chi connectivity index (χ1v) is 5.59. The number of hydrogen-bond acceptors (Lipinski definition) is 3. The molecule has 2 rings (SSSR count). The topological polar surface area (TPSA) is 34.2 Å². The highest BCUT2D eigenvalue weighted by Gasteiger charge is 2.20. The van der Waals surface area contributed by atoms with E-state index < -0.39 is 0 Å². The maximum atomic E-state index is 5.72. The maximum absolute atomic E-state index is 5.72. The van der Waals surface area contributed by atoms with Gasteiger partial charge in [-0.3, -0.25) is 4.98 Å². The lowest BCUT2D eigenvalue weighted by Crippen LogP contribution is -2.26. The van der Waals surface area contributed by atoms with E-state index in [1.54, 1.807) is 6.20 Å². The van der Waals surface area contributed by atoms with E-state index in [1.165, 1.54) is 18.4 Å². The lowest BCUT2D eigenvalue weighted by Gasteiger charge is -2.11. The molecular formula is C12H18N2O. The summed E-state index contributed by atoms with van der Waals surface area (Å²) in [5, 5.41) is 3.40. The van der Waals surface area contributed by atoms with Gasteiger partial charge in [0.1, 0.15) is 0 Å². The molecule has 1 fully saturated rings. The van der Waals surface area contributed by atoms with E-state index in [1.807, 2.05) is 12.3 Å². The van der Waals surface area contributed by atoms with Crippen LogP contribution in [0.1, 0.15) is 25.3 Å². The Balaban J connectivity index is 1.67. The average Bonchev–Trinajstić information content (AvgIpc) is 2.66. The van der Waals surface area contributed by atoms with Gasteiger partial charge in [-0.2, -0.15) is 0 Å². The molecule has 0 amide bonds. The van der Waals surface area contributed by atoms with Crippen LogP contribution in [0.25, 0.3) is 0 Å². The highest BCUT2D eigenvalue weighted by Crippen LogP contribution is 2.18. The van der Waals surface area contributed by atoms with Crippen molar-refractivity contribution in [3.05, 3.63) is 30.1 Å². The van der Waals surface area contributed by atoms with E-state index in [9.17, 15) is 0 Å². The number of hydrogen-bond donors (Lipinski definition) is 1. The predicted molar refractivity (Wildman–Crippen MR) is 59.5 cm³/mol. The Morgan fingerprint density at radius 3 is 3.13 bits per heavy atom. The van der Waals surface area contributed by atoms with Crippen LogP contribution in [0.4, 0.5) is 0 Å². The Hall–Kier alpha value is -0.930. The summed E-state index contributed by atoms with van der Waals surface area (Å²) in [6.45, 7) is 3.96. The van der Waals surface area contributed by atoms with Gasteiger partial charge in [0.15, 0.2) is 0 Å². The summed E-state index contributed by atoms with van der Waals surface area (Å²) in [4.78, 5) is 4.08. The van der Waals surface area contributed by atoms with Crippen molar-refractivity contribution in [1.82, 2.24) is 10.3 Å². The molecule has 1 saturated heterocycles. The van der Waals surface area contributed by atoms with Crippen molar-refractivity contribution in [1.29, 1.82) is 0 Å². The zero-order valence-electron chi connectivity index (χ0n) is 9.15.